The Morgan fingerprint density at radius 1 is 1.11 bits per heavy atom. The first-order valence-corrected chi connectivity index (χ1v) is 7.21. The van der Waals surface area contributed by atoms with Crippen molar-refractivity contribution in [2.24, 2.45) is 5.73 Å². The van der Waals surface area contributed by atoms with E-state index >= 15 is 0 Å². The van der Waals surface area contributed by atoms with Gasteiger partial charge in [0.1, 0.15) is 0 Å². The molecule has 0 unspecified atom stereocenters. The maximum atomic E-state index is 12.0. The molecule has 0 heterocycles. The highest BCUT2D eigenvalue weighted by atomic mass is 35.5. The zero-order valence-corrected chi connectivity index (χ0v) is 12.5. The summed E-state index contributed by atoms with van der Waals surface area (Å²) in [5, 5.41) is 0. The molecule has 18 heavy (non-hydrogen) atoms. The zero-order valence-electron chi connectivity index (χ0n) is 11.7. The van der Waals surface area contributed by atoms with Crippen LogP contribution in [0.15, 0.2) is 0 Å². The van der Waals surface area contributed by atoms with Gasteiger partial charge >= 0.3 is 0 Å². The number of nitrogens with two attached hydrogens (primary N) is 1. The van der Waals surface area contributed by atoms with E-state index in [1.165, 1.54) is 32.1 Å². The van der Waals surface area contributed by atoms with E-state index < -0.39 is 0 Å². The molecule has 0 aromatic carbocycles. The molecular formula is C14H29ClN2O. The Kier molecular flexibility index (Phi) is 10.5. The summed E-state index contributed by atoms with van der Waals surface area (Å²) in [6.45, 7) is 0.774. The molecule has 0 atom stereocenters. The van der Waals surface area contributed by atoms with Crippen LogP contribution in [0.5, 0.6) is 0 Å². The second kappa shape index (κ2) is 10.6. The molecule has 0 aromatic rings. The number of carbonyl (C=O) groups is 1. The van der Waals surface area contributed by atoms with Gasteiger partial charge in [-0.1, -0.05) is 32.1 Å². The largest absolute Gasteiger partial charge is 0.343 e. The van der Waals surface area contributed by atoms with E-state index in [1.807, 2.05) is 11.9 Å². The molecule has 4 heteroatoms. The van der Waals surface area contributed by atoms with Crippen molar-refractivity contribution in [3.05, 3.63) is 0 Å². The molecule has 3 nitrogen and oxygen atoms in total. The smallest absolute Gasteiger partial charge is 0.222 e. The third-order valence-electron chi connectivity index (χ3n) is 3.86. The minimum Gasteiger partial charge on any atom is -0.343 e. The molecule has 1 rings (SSSR count). The Hall–Kier alpha value is -0.280. The monoisotopic (exact) mass is 276 g/mol. The lowest BCUT2D eigenvalue weighted by Crippen LogP contribution is -2.38. The van der Waals surface area contributed by atoms with E-state index in [4.69, 9.17) is 5.73 Å². The van der Waals surface area contributed by atoms with Gasteiger partial charge in [-0.25, -0.2) is 0 Å². The lowest BCUT2D eigenvalue weighted by atomic mass is 9.94. The van der Waals surface area contributed by atoms with Crippen LogP contribution in [0.2, 0.25) is 0 Å². The third kappa shape index (κ3) is 6.60. The average molecular weight is 277 g/mol. The second-order valence-electron chi connectivity index (χ2n) is 5.25. The van der Waals surface area contributed by atoms with Gasteiger partial charge in [-0.2, -0.15) is 0 Å². The minimum absolute atomic E-state index is 0. The van der Waals surface area contributed by atoms with Gasteiger partial charge in [0, 0.05) is 19.5 Å². The number of unbranched alkanes of at least 4 members (excludes halogenated alkanes) is 3. The van der Waals surface area contributed by atoms with Gasteiger partial charge in [0.25, 0.3) is 0 Å². The van der Waals surface area contributed by atoms with Crippen molar-refractivity contribution in [2.45, 2.75) is 70.3 Å². The Labute approximate surface area is 118 Å². The van der Waals surface area contributed by atoms with Crippen molar-refractivity contribution in [1.82, 2.24) is 4.90 Å². The van der Waals surface area contributed by atoms with Crippen LogP contribution in [0.4, 0.5) is 0 Å². The van der Waals surface area contributed by atoms with Gasteiger partial charge in [0.05, 0.1) is 0 Å². The summed E-state index contributed by atoms with van der Waals surface area (Å²) in [6, 6.07) is 0.514. The molecule has 0 aliphatic heterocycles. The van der Waals surface area contributed by atoms with Gasteiger partial charge < -0.3 is 10.6 Å². The van der Waals surface area contributed by atoms with Gasteiger partial charge in [0.2, 0.25) is 5.91 Å². The summed E-state index contributed by atoms with van der Waals surface area (Å²) in [5.74, 6) is 0.338. The molecule has 1 aliphatic rings. The number of nitrogens with zero attached hydrogens (tertiary/aromatic N) is 1. The lowest BCUT2D eigenvalue weighted by molar-refractivity contribution is -0.132. The van der Waals surface area contributed by atoms with Crippen LogP contribution in [0.3, 0.4) is 0 Å². The second-order valence-corrected chi connectivity index (χ2v) is 5.25. The number of carbonyl (C=O) groups excluding carboxylic acids is 1. The summed E-state index contributed by atoms with van der Waals surface area (Å²) in [5.41, 5.74) is 5.44. The maximum absolute atomic E-state index is 12.0. The molecule has 0 radical (unpaired) electrons. The number of rotatable bonds is 7. The van der Waals surface area contributed by atoms with E-state index in [-0.39, 0.29) is 12.4 Å². The summed E-state index contributed by atoms with van der Waals surface area (Å²) < 4.78 is 0. The predicted molar refractivity (Wildman–Crippen MR) is 79.0 cm³/mol. The summed E-state index contributed by atoms with van der Waals surface area (Å²) in [7, 11) is 1.98. The third-order valence-corrected chi connectivity index (χ3v) is 3.86. The molecule has 1 saturated carbocycles. The van der Waals surface area contributed by atoms with E-state index in [0.29, 0.717) is 11.9 Å². The zero-order chi connectivity index (χ0) is 12.5. The van der Waals surface area contributed by atoms with Crippen LogP contribution in [0.1, 0.15) is 64.2 Å². The Morgan fingerprint density at radius 3 is 2.33 bits per heavy atom. The quantitative estimate of drug-likeness (QED) is 0.726. The fourth-order valence-corrected chi connectivity index (χ4v) is 2.62. The fourth-order valence-electron chi connectivity index (χ4n) is 2.62. The van der Waals surface area contributed by atoms with E-state index in [1.54, 1.807) is 0 Å². The first-order valence-electron chi connectivity index (χ1n) is 7.21. The van der Waals surface area contributed by atoms with Gasteiger partial charge in [-0.15, -0.1) is 12.4 Å². The van der Waals surface area contributed by atoms with Crippen molar-refractivity contribution in [2.75, 3.05) is 13.6 Å². The van der Waals surface area contributed by atoms with Crippen molar-refractivity contribution >= 4 is 18.3 Å². The molecule has 0 bridgehead atoms. The highest BCUT2D eigenvalue weighted by Gasteiger charge is 2.21. The van der Waals surface area contributed by atoms with Crippen LogP contribution in [0, 0.1) is 0 Å². The molecule has 0 aromatic heterocycles. The Balaban J connectivity index is 0.00000289. The Morgan fingerprint density at radius 2 is 1.72 bits per heavy atom. The van der Waals surface area contributed by atoms with Gasteiger partial charge in [0.15, 0.2) is 0 Å². The number of halogens is 1. The molecule has 1 amide bonds. The van der Waals surface area contributed by atoms with E-state index in [0.717, 1.165) is 38.6 Å². The standard InChI is InChI=1S/C14H28N2O.ClH/c1-16(13-9-5-4-6-10-13)14(17)11-7-2-3-8-12-15;/h13H,2-12,15H2,1H3;1H. The van der Waals surface area contributed by atoms with Crippen LogP contribution < -0.4 is 5.73 Å². The molecule has 0 saturated heterocycles. The van der Waals surface area contributed by atoms with Crippen LogP contribution in [-0.2, 0) is 4.79 Å². The first-order chi connectivity index (χ1) is 8.25. The van der Waals surface area contributed by atoms with E-state index in [2.05, 4.69) is 0 Å². The summed E-state index contributed by atoms with van der Waals surface area (Å²) in [6.07, 6.45) is 11.5. The van der Waals surface area contributed by atoms with Gasteiger partial charge in [-0.05, 0) is 32.2 Å². The van der Waals surface area contributed by atoms with E-state index in [9.17, 15) is 4.79 Å². The minimum atomic E-state index is 0. The topological polar surface area (TPSA) is 46.3 Å². The van der Waals surface area contributed by atoms with Crippen molar-refractivity contribution in [3.8, 4) is 0 Å². The molecule has 1 fully saturated rings. The molecule has 1 aliphatic carbocycles. The fraction of sp³-hybridized carbons (Fsp3) is 0.929. The number of hydrogen-bond donors (Lipinski definition) is 1. The van der Waals surface area contributed by atoms with Crippen molar-refractivity contribution in [1.29, 1.82) is 0 Å². The first kappa shape index (κ1) is 17.7. The lowest BCUT2D eigenvalue weighted by Gasteiger charge is -2.31. The molecule has 108 valence electrons. The molecular weight excluding hydrogens is 248 g/mol. The van der Waals surface area contributed by atoms with Crippen molar-refractivity contribution < 1.29 is 4.79 Å². The van der Waals surface area contributed by atoms with Gasteiger partial charge in [-0.3, -0.25) is 4.79 Å². The van der Waals surface area contributed by atoms with Crippen LogP contribution in [0.25, 0.3) is 0 Å². The predicted octanol–water partition coefficient (Wildman–Crippen LogP) is 3.11. The normalized spacial score (nSPS) is 16.1. The highest BCUT2D eigenvalue weighted by molar-refractivity contribution is 5.85. The average Bonchev–Trinajstić information content (AvgIpc) is 2.38. The molecule has 0 spiro atoms. The number of hydrogen-bond acceptors (Lipinski definition) is 2. The number of amides is 1. The highest BCUT2D eigenvalue weighted by Crippen LogP contribution is 2.22. The summed E-state index contributed by atoms with van der Waals surface area (Å²) >= 11 is 0. The van der Waals surface area contributed by atoms with Crippen molar-refractivity contribution in [3.63, 3.8) is 0 Å². The van der Waals surface area contributed by atoms with Crippen LogP contribution >= 0.6 is 12.4 Å². The Bertz CT molecular complexity index is 218. The molecule has 2 N–H and O–H groups in total. The maximum Gasteiger partial charge on any atom is 0.222 e. The van der Waals surface area contributed by atoms with Crippen LogP contribution in [-0.4, -0.2) is 30.4 Å². The SMILES string of the molecule is CN(C(=O)CCCCCCN)C1CCCCC1.Cl. The summed E-state index contributed by atoms with van der Waals surface area (Å²) in [4.78, 5) is 14.0.